The molecule has 0 radical (unpaired) electrons. The highest BCUT2D eigenvalue weighted by Gasteiger charge is 2.33. The molecule has 14 heteroatoms. The smallest absolute Gasteiger partial charge is 0.461 e. The number of rotatable bonds is 39. The Balaban J connectivity index is 5.15. The first-order chi connectivity index (χ1) is 26.8. The fourth-order valence-corrected chi connectivity index (χ4v) is 7.08. The Morgan fingerprint density at radius 1 is 0.411 bits per heavy atom. The molecule has 0 aromatic heterocycles. The number of phosphoric acid groups is 1. The summed E-state index contributed by atoms with van der Waals surface area (Å²) < 4.78 is 47.4. The van der Waals surface area contributed by atoms with E-state index in [0.717, 1.165) is 77.0 Å². The molecule has 0 aromatic carbocycles. The quantitative estimate of drug-likeness (QED) is 0.0229. The van der Waals surface area contributed by atoms with Crippen LogP contribution in [-0.4, -0.2) is 74.2 Å². The van der Waals surface area contributed by atoms with Gasteiger partial charge in [0.2, 0.25) is 0 Å². The first-order valence-corrected chi connectivity index (χ1v) is 23.6. The number of ether oxygens (including phenoxy) is 3. The van der Waals surface area contributed by atoms with Gasteiger partial charge < -0.3 is 31.4 Å². The molecule has 0 aliphatic rings. The summed E-state index contributed by atoms with van der Waals surface area (Å²) in [6.07, 6.45) is 21.3. The van der Waals surface area contributed by atoms with Crippen molar-refractivity contribution in [3.63, 3.8) is 0 Å². The van der Waals surface area contributed by atoms with Gasteiger partial charge in [-0.05, 0) is 40.0 Å². The van der Waals surface area contributed by atoms with Crippen molar-refractivity contribution in [3.05, 3.63) is 0 Å². The predicted octanol–water partition coefficient (Wildman–Crippen LogP) is 9.34. The molecule has 0 saturated carbocycles. The van der Waals surface area contributed by atoms with Crippen molar-refractivity contribution in [1.29, 1.82) is 0 Å². The van der Waals surface area contributed by atoms with Crippen LogP contribution >= 0.6 is 7.82 Å². The van der Waals surface area contributed by atoms with Crippen molar-refractivity contribution in [2.45, 2.75) is 232 Å². The minimum atomic E-state index is -4.37. The van der Waals surface area contributed by atoms with Crippen LogP contribution in [0.5, 0.6) is 0 Å². The average Bonchev–Trinajstić information content (AvgIpc) is 3.16. The van der Waals surface area contributed by atoms with E-state index in [4.69, 9.17) is 45.0 Å². The van der Waals surface area contributed by atoms with E-state index in [1.54, 1.807) is 20.8 Å². The van der Waals surface area contributed by atoms with Gasteiger partial charge in [0, 0.05) is 19.3 Å². The number of phosphoric ester groups is 1. The Bertz CT molecular complexity index is 915. The molecule has 0 rings (SSSR count). The van der Waals surface area contributed by atoms with Crippen molar-refractivity contribution in [1.82, 2.24) is 0 Å². The van der Waals surface area contributed by atoms with E-state index in [1.807, 2.05) is 0 Å². The highest BCUT2D eigenvalue weighted by Crippen LogP contribution is 2.50. The summed E-state index contributed by atoms with van der Waals surface area (Å²) in [5, 5.41) is 0. The first-order valence-electron chi connectivity index (χ1n) is 22.2. The van der Waals surface area contributed by atoms with E-state index in [0.29, 0.717) is 0 Å². The van der Waals surface area contributed by atoms with Crippen molar-refractivity contribution >= 4 is 25.7 Å². The summed E-state index contributed by atoms with van der Waals surface area (Å²) in [7, 11) is -4.37. The zero-order chi connectivity index (χ0) is 42.0. The number of hydrogen-bond donors (Lipinski definition) is 3. The highest BCUT2D eigenvalue weighted by atomic mass is 31.2. The standard InChI is InChI=1S/C42H84N3O10P/c1-7-10-13-16-19-22-25-28-40(46)53-34(4)37(43)31-50-56(49,51-32-38(44)35(5)54-41(47)29-26-23-20-17-14-11-8-2)52-33-39(45)36(6)55-42(48)30-27-24-21-18-15-12-9-3/h34-39H,7-33,43-45H2,1-6H3. The monoisotopic (exact) mass is 822 g/mol. The predicted molar refractivity (Wildman–Crippen MR) is 224 cm³/mol. The normalized spacial score (nSPS) is 15.9. The Kier molecular flexibility index (Phi) is 34.3. The van der Waals surface area contributed by atoms with Crippen LogP contribution in [0.1, 0.15) is 196 Å². The van der Waals surface area contributed by atoms with E-state index in [1.165, 1.54) is 57.8 Å². The van der Waals surface area contributed by atoms with Crippen LogP contribution in [0.4, 0.5) is 0 Å². The van der Waals surface area contributed by atoms with Crippen LogP contribution in [0.25, 0.3) is 0 Å². The van der Waals surface area contributed by atoms with Gasteiger partial charge in [-0.1, -0.05) is 136 Å². The molecular weight excluding hydrogens is 737 g/mol. The molecule has 332 valence electrons. The first kappa shape index (κ1) is 54.4. The van der Waals surface area contributed by atoms with Gasteiger partial charge in [0.1, 0.15) is 18.3 Å². The number of esters is 3. The van der Waals surface area contributed by atoms with Gasteiger partial charge in [-0.2, -0.15) is 0 Å². The number of carbonyl (C=O) groups excluding carboxylic acids is 3. The summed E-state index contributed by atoms with van der Waals surface area (Å²) in [6, 6.07) is -2.56. The van der Waals surface area contributed by atoms with Gasteiger partial charge in [-0.3, -0.25) is 28.0 Å². The molecule has 0 aliphatic heterocycles. The summed E-state index contributed by atoms with van der Waals surface area (Å²) in [5.74, 6) is -1.08. The molecule has 13 nitrogen and oxygen atoms in total. The lowest BCUT2D eigenvalue weighted by Crippen LogP contribution is -2.42. The fourth-order valence-electron chi connectivity index (χ4n) is 5.79. The fraction of sp³-hybridized carbons (Fsp3) is 0.929. The lowest BCUT2D eigenvalue weighted by Gasteiger charge is -2.27. The SMILES string of the molecule is CCCCCCCCCC(=O)OC(C)C(N)COP(=O)(OCC(N)C(C)OC(=O)CCCCCCCCC)OCC(N)C(C)OC(=O)CCCCCCCCC. The van der Waals surface area contributed by atoms with Crippen LogP contribution in [0.15, 0.2) is 0 Å². The van der Waals surface area contributed by atoms with Crippen LogP contribution in [0, 0.1) is 0 Å². The Hall–Kier alpha value is -1.60. The van der Waals surface area contributed by atoms with Gasteiger partial charge in [-0.25, -0.2) is 4.57 Å². The molecule has 6 unspecified atom stereocenters. The zero-order valence-electron chi connectivity index (χ0n) is 36.3. The lowest BCUT2D eigenvalue weighted by molar-refractivity contribution is -0.150. The van der Waals surface area contributed by atoms with Crippen molar-refractivity contribution < 1.29 is 46.7 Å². The Morgan fingerprint density at radius 3 is 0.857 bits per heavy atom. The van der Waals surface area contributed by atoms with Crippen molar-refractivity contribution in [2.24, 2.45) is 17.2 Å². The molecule has 0 amide bonds. The summed E-state index contributed by atoms with van der Waals surface area (Å²) in [5.41, 5.74) is 18.8. The van der Waals surface area contributed by atoms with E-state index >= 15 is 0 Å². The largest absolute Gasteiger partial charge is 0.474 e. The van der Waals surface area contributed by atoms with Crippen molar-refractivity contribution in [2.75, 3.05) is 19.8 Å². The van der Waals surface area contributed by atoms with Gasteiger partial charge in [0.15, 0.2) is 0 Å². The third-order valence-corrected chi connectivity index (χ3v) is 11.4. The molecule has 0 aliphatic carbocycles. The average molecular weight is 822 g/mol. The van der Waals surface area contributed by atoms with E-state index in [-0.39, 0.29) is 57.0 Å². The van der Waals surface area contributed by atoms with E-state index < -0.39 is 44.3 Å². The Labute approximate surface area is 340 Å². The zero-order valence-corrected chi connectivity index (χ0v) is 37.2. The van der Waals surface area contributed by atoms with Crippen LogP contribution in [0.2, 0.25) is 0 Å². The minimum Gasteiger partial charge on any atom is -0.461 e. The molecule has 0 aromatic rings. The summed E-state index contributed by atoms with van der Waals surface area (Å²) in [4.78, 5) is 37.4. The maximum atomic E-state index is 13.9. The lowest BCUT2D eigenvalue weighted by atomic mass is 10.1. The highest BCUT2D eigenvalue weighted by molar-refractivity contribution is 7.48. The molecule has 0 spiro atoms. The molecule has 0 bridgehead atoms. The maximum Gasteiger partial charge on any atom is 0.474 e. The van der Waals surface area contributed by atoms with Gasteiger partial charge in [0.25, 0.3) is 0 Å². The van der Waals surface area contributed by atoms with Gasteiger partial charge in [0.05, 0.1) is 37.9 Å². The number of nitrogens with two attached hydrogens (primary N) is 3. The third kappa shape index (κ3) is 30.5. The van der Waals surface area contributed by atoms with E-state index in [9.17, 15) is 18.9 Å². The second-order valence-electron chi connectivity index (χ2n) is 15.5. The third-order valence-electron chi connectivity index (χ3n) is 9.99. The number of unbranched alkanes of at least 4 members (excludes halogenated alkanes) is 18. The molecular formula is C42H84N3O10P. The van der Waals surface area contributed by atoms with Gasteiger partial charge in [-0.15, -0.1) is 0 Å². The summed E-state index contributed by atoms with van der Waals surface area (Å²) >= 11 is 0. The van der Waals surface area contributed by atoms with E-state index in [2.05, 4.69) is 20.8 Å². The second kappa shape index (κ2) is 35.4. The molecule has 0 fully saturated rings. The molecule has 6 N–H and O–H groups in total. The topological polar surface area (TPSA) is 202 Å². The number of hydrogen-bond acceptors (Lipinski definition) is 13. The Morgan fingerprint density at radius 2 is 0.625 bits per heavy atom. The van der Waals surface area contributed by atoms with Crippen molar-refractivity contribution in [3.8, 4) is 0 Å². The molecule has 6 atom stereocenters. The van der Waals surface area contributed by atoms with Crippen LogP contribution < -0.4 is 17.2 Å². The van der Waals surface area contributed by atoms with Gasteiger partial charge >= 0.3 is 25.7 Å². The van der Waals surface area contributed by atoms with Crippen LogP contribution in [-0.2, 0) is 46.7 Å². The molecule has 0 heterocycles. The molecule has 56 heavy (non-hydrogen) atoms. The second-order valence-corrected chi connectivity index (χ2v) is 17.2. The maximum absolute atomic E-state index is 13.9. The van der Waals surface area contributed by atoms with Crippen LogP contribution in [0.3, 0.4) is 0 Å². The molecule has 0 saturated heterocycles. The summed E-state index contributed by atoms with van der Waals surface area (Å²) in [6.45, 7) is 10.5. The minimum absolute atomic E-state index is 0.287. The number of carbonyl (C=O) groups is 3.